The van der Waals surface area contributed by atoms with Gasteiger partial charge < -0.3 is 19.7 Å². The summed E-state index contributed by atoms with van der Waals surface area (Å²) in [4.78, 5) is 22.3. The molecule has 7 nitrogen and oxygen atoms in total. The molecule has 7 heteroatoms. The molecule has 2 N–H and O–H groups in total. The third kappa shape index (κ3) is 4.13. The number of oxazole rings is 1. The largest absolute Gasteiger partial charge is 0.435 e. The Morgan fingerprint density at radius 3 is 2.92 bits per heavy atom. The van der Waals surface area contributed by atoms with E-state index in [0.717, 1.165) is 0 Å². The minimum atomic E-state index is -0.439. The molecular weight excluding hydrogens is 320 g/mol. The molecule has 0 aliphatic rings. The molecule has 2 aromatic heterocycles. The van der Waals surface area contributed by atoms with Crippen LogP contribution >= 0.6 is 0 Å². The molecule has 25 heavy (non-hydrogen) atoms. The minimum absolute atomic E-state index is 0.246. The highest BCUT2D eigenvalue weighted by Crippen LogP contribution is 2.25. The Morgan fingerprint density at radius 1 is 1.36 bits per heavy atom. The number of carbonyl (C=O) groups excluding carboxylic acids is 1. The summed E-state index contributed by atoms with van der Waals surface area (Å²) in [5, 5.41) is 12.1. The van der Waals surface area contributed by atoms with E-state index >= 15 is 0 Å². The summed E-state index contributed by atoms with van der Waals surface area (Å²) in [6, 6.07) is 10.6. The highest BCUT2D eigenvalue weighted by atomic mass is 16.3. The summed E-state index contributed by atoms with van der Waals surface area (Å²) in [5.41, 5.74) is 2.54. The first kappa shape index (κ1) is 16.9. The van der Waals surface area contributed by atoms with Gasteiger partial charge in [-0.05, 0) is 37.6 Å². The summed E-state index contributed by atoms with van der Waals surface area (Å²) in [5.74, 6) is 0.438. The van der Waals surface area contributed by atoms with Crippen molar-refractivity contribution in [2.24, 2.45) is 0 Å². The quantitative estimate of drug-likeness (QED) is 0.744. The first-order chi connectivity index (χ1) is 12.0. The lowest BCUT2D eigenvalue weighted by atomic mass is 10.3. The molecule has 1 unspecified atom stereocenters. The predicted octanol–water partition coefficient (Wildman–Crippen LogP) is 3.12. The van der Waals surface area contributed by atoms with Crippen molar-refractivity contribution in [3.8, 4) is 11.6 Å². The molecule has 0 bridgehead atoms. The fraction of sp³-hybridized carbons (Fsp3) is 0.278. The topological polar surface area (TPSA) is 91.5 Å². The number of amides is 2. The van der Waals surface area contributed by atoms with Gasteiger partial charge in [0.15, 0.2) is 5.58 Å². The number of carbonyl (C=O) groups is 1. The van der Waals surface area contributed by atoms with Crippen LogP contribution in [0.15, 0.2) is 47.0 Å². The summed E-state index contributed by atoms with van der Waals surface area (Å²) < 4.78 is 5.74. The summed E-state index contributed by atoms with van der Waals surface area (Å²) in [7, 11) is 1.68. The van der Waals surface area contributed by atoms with E-state index in [2.05, 4.69) is 15.3 Å². The molecule has 0 spiro atoms. The molecule has 0 saturated heterocycles. The second-order valence-corrected chi connectivity index (χ2v) is 5.91. The maximum Gasteiger partial charge on any atom is 0.321 e. The molecule has 2 heterocycles. The monoisotopic (exact) mass is 340 g/mol. The van der Waals surface area contributed by atoms with Crippen LogP contribution in [0.1, 0.15) is 13.3 Å². The van der Waals surface area contributed by atoms with Crippen LogP contribution < -0.4 is 5.32 Å². The van der Waals surface area contributed by atoms with Crippen molar-refractivity contribution >= 4 is 22.8 Å². The summed E-state index contributed by atoms with van der Waals surface area (Å²) in [6.07, 6.45) is 1.77. The molecule has 0 aliphatic carbocycles. The molecule has 1 atom stereocenters. The van der Waals surface area contributed by atoms with E-state index in [0.29, 0.717) is 41.3 Å². The van der Waals surface area contributed by atoms with Crippen LogP contribution in [-0.4, -0.2) is 45.7 Å². The fourth-order valence-corrected chi connectivity index (χ4v) is 2.30. The first-order valence-corrected chi connectivity index (χ1v) is 8.05. The van der Waals surface area contributed by atoms with Gasteiger partial charge >= 0.3 is 6.03 Å². The van der Waals surface area contributed by atoms with Crippen molar-refractivity contribution in [2.45, 2.75) is 19.4 Å². The Hall–Kier alpha value is -2.93. The van der Waals surface area contributed by atoms with Gasteiger partial charge in [0.25, 0.3) is 0 Å². The predicted molar refractivity (Wildman–Crippen MR) is 95.2 cm³/mol. The zero-order valence-electron chi connectivity index (χ0n) is 14.1. The van der Waals surface area contributed by atoms with Crippen molar-refractivity contribution in [1.29, 1.82) is 0 Å². The number of fused-ring (bicyclic) bond motifs is 1. The van der Waals surface area contributed by atoms with E-state index in [-0.39, 0.29) is 6.03 Å². The molecule has 1 aromatic carbocycles. The molecule has 0 saturated carbocycles. The van der Waals surface area contributed by atoms with Gasteiger partial charge in [-0.2, -0.15) is 0 Å². The highest BCUT2D eigenvalue weighted by Gasteiger charge is 2.12. The van der Waals surface area contributed by atoms with Crippen molar-refractivity contribution in [2.75, 3.05) is 18.9 Å². The van der Waals surface area contributed by atoms with Crippen LogP contribution in [0.3, 0.4) is 0 Å². The number of hydrogen-bond acceptors (Lipinski definition) is 5. The number of hydrogen-bond donors (Lipinski definition) is 2. The number of anilines is 1. The van der Waals surface area contributed by atoms with Crippen molar-refractivity contribution in [1.82, 2.24) is 14.9 Å². The summed E-state index contributed by atoms with van der Waals surface area (Å²) >= 11 is 0. The Labute approximate surface area is 145 Å². The average molecular weight is 340 g/mol. The zero-order chi connectivity index (χ0) is 17.8. The SMILES string of the molecule is CC(O)CCN(C)C(=O)Nc1ccc2nc(-c3ccccn3)oc2c1. The molecule has 3 rings (SSSR count). The molecule has 0 aliphatic heterocycles. The number of pyridine rings is 1. The third-order valence-corrected chi connectivity index (χ3v) is 3.75. The minimum Gasteiger partial charge on any atom is -0.435 e. The molecule has 130 valence electrons. The number of nitrogens with zero attached hydrogens (tertiary/aromatic N) is 3. The number of aliphatic hydroxyl groups is 1. The van der Waals surface area contributed by atoms with Gasteiger partial charge in [0.05, 0.1) is 6.10 Å². The van der Waals surface area contributed by atoms with E-state index in [4.69, 9.17) is 4.42 Å². The van der Waals surface area contributed by atoms with Crippen LogP contribution in [0.2, 0.25) is 0 Å². The van der Waals surface area contributed by atoms with Gasteiger partial charge in [0, 0.05) is 31.5 Å². The third-order valence-electron chi connectivity index (χ3n) is 3.75. The Morgan fingerprint density at radius 2 is 2.20 bits per heavy atom. The molecule has 0 radical (unpaired) electrons. The number of aromatic nitrogens is 2. The Bertz CT molecular complexity index is 861. The van der Waals surface area contributed by atoms with E-state index in [1.54, 1.807) is 38.4 Å². The number of nitrogens with one attached hydrogen (secondary N) is 1. The lowest BCUT2D eigenvalue weighted by Crippen LogP contribution is -2.33. The number of aliphatic hydroxyl groups excluding tert-OH is 1. The van der Waals surface area contributed by atoms with E-state index in [1.165, 1.54) is 4.90 Å². The van der Waals surface area contributed by atoms with Gasteiger partial charge in [-0.15, -0.1) is 0 Å². The lowest BCUT2D eigenvalue weighted by Gasteiger charge is -2.18. The van der Waals surface area contributed by atoms with E-state index < -0.39 is 6.10 Å². The second-order valence-electron chi connectivity index (χ2n) is 5.91. The number of benzene rings is 1. The molecular formula is C18H20N4O3. The van der Waals surface area contributed by atoms with Gasteiger partial charge in [0.2, 0.25) is 5.89 Å². The Balaban J connectivity index is 1.74. The maximum atomic E-state index is 12.2. The van der Waals surface area contributed by atoms with Crippen LogP contribution in [0, 0.1) is 0 Å². The molecule has 3 aromatic rings. The van der Waals surface area contributed by atoms with Crippen molar-refractivity contribution in [3.05, 3.63) is 42.6 Å². The Kier molecular flexibility index (Phi) is 4.95. The second kappa shape index (κ2) is 7.31. The van der Waals surface area contributed by atoms with Gasteiger partial charge in [-0.1, -0.05) is 6.07 Å². The van der Waals surface area contributed by atoms with Crippen LogP contribution in [0.5, 0.6) is 0 Å². The lowest BCUT2D eigenvalue weighted by molar-refractivity contribution is 0.167. The fourth-order valence-electron chi connectivity index (χ4n) is 2.30. The smallest absolute Gasteiger partial charge is 0.321 e. The average Bonchev–Trinajstić information content (AvgIpc) is 3.03. The van der Waals surface area contributed by atoms with E-state index in [9.17, 15) is 9.90 Å². The van der Waals surface area contributed by atoms with Crippen LogP contribution in [0.4, 0.5) is 10.5 Å². The van der Waals surface area contributed by atoms with Gasteiger partial charge in [0.1, 0.15) is 11.2 Å². The van der Waals surface area contributed by atoms with Gasteiger partial charge in [-0.3, -0.25) is 4.98 Å². The van der Waals surface area contributed by atoms with Crippen LogP contribution in [0.25, 0.3) is 22.7 Å². The zero-order valence-corrected chi connectivity index (χ0v) is 14.1. The maximum absolute atomic E-state index is 12.2. The normalized spacial score (nSPS) is 12.1. The number of urea groups is 1. The van der Waals surface area contributed by atoms with Gasteiger partial charge in [-0.25, -0.2) is 9.78 Å². The first-order valence-electron chi connectivity index (χ1n) is 8.05. The highest BCUT2D eigenvalue weighted by molar-refractivity contribution is 5.91. The summed E-state index contributed by atoms with van der Waals surface area (Å²) in [6.45, 7) is 2.17. The van der Waals surface area contributed by atoms with Crippen LogP contribution in [-0.2, 0) is 0 Å². The molecule has 0 fully saturated rings. The standard InChI is InChI=1S/C18H20N4O3/c1-12(23)8-10-22(2)18(24)20-13-6-7-14-16(11-13)25-17(21-14)15-5-3-4-9-19-15/h3-7,9,11-12,23H,8,10H2,1-2H3,(H,20,24). The van der Waals surface area contributed by atoms with E-state index in [1.807, 2.05) is 18.2 Å². The van der Waals surface area contributed by atoms with Crippen molar-refractivity contribution < 1.29 is 14.3 Å². The van der Waals surface area contributed by atoms with Crippen molar-refractivity contribution in [3.63, 3.8) is 0 Å². The molecule has 2 amide bonds. The number of rotatable bonds is 5.